The number of hydrogen-bond donors (Lipinski definition) is 1. The van der Waals surface area contributed by atoms with Crippen LogP contribution in [0.15, 0.2) is 23.4 Å². The van der Waals surface area contributed by atoms with Gasteiger partial charge in [0.05, 0.1) is 0 Å². The van der Waals surface area contributed by atoms with Gasteiger partial charge < -0.3 is 14.9 Å². The van der Waals surface area contributed by atoms with Crippen molar-refractivity contribution in [2.75, 3.05) is 19.6 Å². The van der Waals surface area contributed by atoms with Crippen LogP contribution in [0.5, 0.6) is 0 Å². The molecule has 2 heterocycles. The van der Waals surface area contributed by atoms with Crippen LogP contribution in [0.4, 0.5) is 13.2 Å². The Morgan fingerprint density at radius 2 is 2.08 bits per heavy atom. The first-order valence-electron chi connectivity index (χ1n) is 7.25. The lowest BCUT2D eigenvalue weighted by molar-refractivity contribution is -0.486. The van der Waals surface area contributed by atoms with Crippen molar-refractivity contribution in [3.63, 3.8) is 0 Å². The first-order valence-corrected chi connectivity index (χ1v) is 7.62. The van der Waals surface area contributed by atoms with Gasteiger partial charge >= 0.3 is 6.18 Å². The normalized spacial score (nSPS) is 18.0. The van der Waals surface area contributed by atoms with Crippen molar-refractivity contribution in [2.45, 2.75) is 25.2 Å². The number of aliphatic hydroxyl groups is 1. The molecule has 0 amide bonds. The minimum absolute atomic E-state index is 0.0469. The van der Waals surface area contributed by atoms with E-state index < -0.39 is 23.7 Å². The molecule has 0 radical (unpaired) electrons. The number of halogens is 4. The van der Waals surface area contributed by atoms with Gasteiger partial charge in [-0.2, -0.15) is 13.2 Å². The topological polar surface area (TPSA) is 95.1 Å². The van der Waals surface area contributed by atoms with Crippen LogP contribution in [-0.4, -0.2) is 62.8 Å². The highest BCUT2D eigenvalue weighted by Crippen LogP contribution is 2.23. The van der Waals surface area contributed by atoms with Crippen LogP contribution in [0.25, 0.3) is 0 Å². The number of rotatable bonds is 6. The summed E-state index contributed by atoms with van der Waals surface area (Å²) < 4.78 is 37.2. The van der Waals surface area contributed by atoms with Gasteiger partial charge in [0.25, 0.3) is 5.96 Å². The Balaban J connectivity index is 2.06. The Labute approximate surface area is 145 Å². The number of aliphatic hydroxyl groups excluding tert-OH is 1. The first-order chi connectivity index (χ1) is 11.7. The summed E-state index contributed by atoms with van der Waals surface area (Å²) >= 11 is 5.70. The average molecular weight is 382 g/mol. The summed E-state index contributed by atoms with van der Waals surface area (Å²) in [6.45, 7) is 0.646. The summed E-state index contributed by atoms with van der Waals surface area (Å²) in [5, 5.41) is 22.5. The van der Waals surface area contributed by atoms with Crippen molar-refractivity contribution in [3.05, 3.63) is 39.2 Å². The van der Waals surface area contributed by atoms with Crippen molar-refractivity contribution >= 4 is 17.6 Å². The maximum Gasteiger partial charge on any atom is 0.414 e. The largest absolute Gasteiger partial charge is 0.414 e. The highest BCUT2D eigenvalue weighted by molar-refractivity contribution is 6.29. The lowest BCUT2D eigenvalue weighted by atomic mass is 10.2. The summed E-state index contributed by atoms with van der Waals surface area (Å²) in [5.74, 6) is -0.0469. The van der Waals surface area contributed by atoms with E-state index in [0.717, 1.165) is 5.56 Å². The third-order valence-electron chi connectivity index (χ3n) is 3.59. The van der Waals surface area contributed by atoms with Crippen molar-refractivity contribution in [1.29, 1.82) is 0 Å². The molecule has 0 spiro atoms. The van der Waals surface area contributed by atoms with Gasteiger partial charge in [-0.25, -0.2) is 15.1 Å². The molecule has 1 fully saturated rings. The molecule has 1 aromatic rings. The summed E-state index contributed by atoms with van der Waals surface area (Å²) in [4.78, 5) is 17.6. The van der Waals surface area contributed by atoms with E-state index >= 15 is 0 Å². The molecule has 138 valence electrons. The maximum absolute atomic E-state index is 12.4. The molecule has 1 N–H and O–H groups in total. The van der Waals surface area contributed by atoms with Crippen molar-refractivity contribution < 1.29 is 23.3 Å². The van der Waals surface area contributed by atoms with E-state index in [2.05, 4.69) is 10.1 Å². The Bertz CT molecular complexity index is 641. The maximum atomic E-state index is 12.4. The minimum Gasteiger partial charge on any atom is -0.384 e. The number of hydrogen-bond acceptors (Lipinski definition) is 4. The van der Waals surface area contributed by atoms with Gasteiger partial charge in [0.15, 0.2) is 11.1 Å². The monoisotopic (exact) mass is 381 g/mol. The smallest absolute Gasteiger partial charge is 0.384 e. The third kappa shape index (κ3) is 5.43. The number of guanidine groups is 1. The van der Waals surface area contributed by atoms with Crippen LogP contribution in [0, 0.1) is 10.1 Å². The molecule has 1 unspecified atom stereocenters. The zero-order chi connectivity index (χ0) is 18.6. The van der Waals surface area contributed by atoms with Crippen LogP contribution in [0.2, 0.25) is 5.15 Å². The zero-order valence-electron chi connectivity index (χ0n) is 12.9. The number of pyridine rings is 1. The van der Waals surface area contributed by atoms with E-state index in [-0.39, 0.29) is 25.6 Å². The molecule has 1 aliphatic rings. The second kappa shape index (κ2) is 7.83. The van der Waals surface area contributed by atoms with Gasteiger partial charge in [-0.3, -0.25) is 0 Å². The molecule has 2 rings (SSSR count). The zero-order valence-corrected chi connectivity index (χ0v) is 13.6. The van der Waals surface area contributed by atoms with Crippen LogP contribution in [-0.2, 0) is 6.54 Å². The third-order valence-corrected chi connectivity index (χ3v) is 3.81. The summed E-state index contributed by atoms with van der Waals surface area (Å²) in [7, 11) is 0. The quantitative estimate of drug-likeness (QED) is 0.458. The Morgan fingerprint density at radius 1 is 1.40 bits per heavy atom. The second-order valence-electron chi connectivity index (χ2n) is 5.38. The molecule has 0 saturated carbocycles. The fraction of sp³-hybridized carbons (Fsp3) is 0.538. The van der Waals surface area contributed by atoms with E-state index in [1.165, 1.54) is 11.1 Å². The molecule has 0 bridgehead atoms. The Kier molecular flexibility index (Phi) is 6.01. The highest BCUT2D eigenvalue weighted by atomic mass is 35.5. The number of alkyl halides is 3. The predicted octanol–water partition coefficient (Wildman–Crippen LogP) is 1.71. The highest BCUT2D eigenvalue weighted by Gasteiger charge is 2.39. The van der Waals surface area contributed by atoms with Crippen molar-refractivity contribution in [1.82, 2.24) is 14.8 Å². The predicted molar refractivity (Wildman–Crippen MR) is 82.3 cm³/mol. The van der Waals surface area contributed by atoms with Crippen LogP contribution >= 0.6 is 11.6 Å². The molecule has 0 aromatic carbocycles. The van der Waals surface area contributed by atoms with Gasteiger partial charge in [0.2, 0.25) is 0 Å². The number of nitrogens with zero attached hydrogens (tertiary/aromatic N) is 5. The van der Waals surface area contributed by atoms with Crippen LogP contribution in [0.1, 0.15) is 12.0 Å². The van der Waals surface area contributed by atoms with Gasteiger partial charge in [0.1, 0.15) is 10.3 Å². The standard InChI is InChI=1S/C13H15ClF3N5O3/c14-11-2-1-9(7-18-11)8-21-6-5-20(12(21)19-22(24)25)4-3-10(23)13(15,16)17/h1-2,7,10,23H,3-6,8H2/b19-12-. The molecular weight excluding hydrogens is 367 g/mol. The number of hydrazone groups is 1. The SMILES string of the molecule is O=[N+]([O-])/N=C1/N(CCC(O)C(F)(F)F)CCN1Cc1ccc(Cl)nc1. The fourth-order valence-corrected chi connectivity index (χ4v) is 2.48. The fourth-order valence-electron chi connectivity index (χ4n) is 2.36. The molecule has 1 aliphatic heterocycles. The summed E-state index contributed by atoms with van der Waals surface area (Å²) in [6, 6.07) is 3.25. The van der Waals surface area contributed by atoms with Crippen molar-refractivity contribution in [2.24, 2.45) is 5.10 Å². The lowest BCUT2D eigenvalue weighted by Gasteiger charge is -2.22. The molecule has 25 heavy (non-hydrogen) atoms. The Hall–Kier alpha value is -2.14. The molecule has 1 aromatic heterocycles. The minimum atomic E-state index is -4.73. The van der Waals surface area contributed by atoms with E-state index in [0.29, 0.717) is 11.7 Å². The Morgan fingerprint density at radius 3 is 2.64 bits per heavy atom. The van der Waals surface area contributed by atoms with E-state index in [9.17, 15) is 23.3 Å². The van der Waals surface area contributed by atoms with E-state index in [4.69, 9.17) is 16.7 Å². The molecule has 12 heteroatoms. The molecule has 1 atom stereocenters. The molecule has 1 saturated heterocycles. The first kappa shape index (κ1) is 19.2. The molecule has 8 nitrogen and oxygen atoms in total. The number of nitro groups is 1. The van der Waals surface area contributed by atoms with Crippen molar-refractivity contribution in [3.8, 4) is 0 Å². The van der Waals surface area contributed by atoms with E-state index in [1.54, 1.807) is 17.0 Å². The lowest BCUT2D eigenvalue weighted by Crippen LogP contribution is -2.38. The van der Waals surface area contributed by atoms with Crippen LogP contribution in [0.3, 0.4) is 0 Å². The second-order valence-corrected chi connectivity index (χ2v) is 5.77. The van der Waals surface area contributed by atoms with Gasteiger partial charge in [0, 0.05) is 32.4 Å². The van der Waals surface area contributed by atoms with Crippen LogP contribution < -0.4 is 0 Å². The average Bonchev–Trinajstić information content (AvgIpc) is 2.87. The van der Waals surface area contributed by atoms with Gasteiger partial charge in [-0.05, 0) is 18.1 Å². The molecular formula is C13H15ClF3N5O3. The summed E-state index contributed by atoms with van der Waals surface area (Å²) in [5.41, 5.74) is 0.720. The molecule has 0 aliphatic carbocycles. The number of aromatic nitrogens is 1. The van der Waals surface area contributed by atoms with Gasteiger partial charge in [-0.15, -0.1) is 0 Å². The summed E-state index contributed by atoms with van der Waals surface area (Å²) in [6.07, 6.45) is -6.31. The van der Waals surface area contributed by atoms with Gasteiger partial charge in [-0.1, -0.05) is 17.7 Å². The van der Waals surface area contributed by atoms with E-state index in [1.807, 2.05) is 0 Å².